The third-order valence-electron chi connectivity index (χ3n) is 4.09. The van der Waals surface area contributed by atoms with Gasteiger partial charge >= 0.3 is 0 Å². The topological polar surface area (TPSA) is 9.23 Å². The van der Waals surface area contributed by atoms with Crippen LogP contribution in [0.2, 0.25) is 0 Å². The SMILES string of the molecule is CCC(CC(C)c1ccc(OC)cc1)c1ccccc1. The lowest BCUT2D eigenvalue weighted by atomic mass is 9.85. The van der Waals surface area contributed by atoms with E-state index in [1.54, 1.807) is 7.11 Å². The number of benzene rings is 2. The van der Waals surface area contributed by atoms with Crippen molar-refractivity contribution in [2.24, 2.45) is 0 Å². The molecule has 2 atom stereocenters. The molecule has 2 rings (SSSR count). The predicted octanol–water partition coefficient (Wildman–Crippen LogP) is 5.38. The molecule has 0 heterocycles. The van der Waals surface area contributed by atoms with Gasteiger partial charge in [-0.2, -0.15) is 0 Å². The first kappa shape index (κ1) is 14.6. The maximum absolute atomic E-state index is 5.22. The Balaban J connectivity index is 2.06. The Hall–Kier alpha value is -1.76. The predicted molar refractivity (Wildman–Crippen MR) is 85.5 cm³/mol. The van der Waals surface area contributed by atoms with Crippen LogP contribution in [0.3, 0.4) is 0 Å². The Morgan fingerprint density at radius 1 is 0.900 bits per heavy atom. The highest BCUT2D eigenvalue weighted by Crippen LogP contribution is 2.32. The van der Waals surface area contributed by atoms with Crippen molar-refractivity contribution in [1.29, 1.82) is 0 Å². The van der Waals surface area contributed by atoms with Gasteiger partial charge in [0.1, 0.15) is 5.75 Å². The first-order valence-corrected chi connectivity index (χ1v) is 7.43. The van der Waals surface area contributed by atoms with E-state index in [2.05, 4.69) is 68.4 Å². The Morgan fingerprint density at radius 2 is 1.55 bits per heavy atom. The molecule has 0 fully saturated rings. The monoisotopic (exact) mass is 268 g/mol. The lowest BCUT2D eigenvalue weighted by molar-refractivity contribution is 0.414. The molecule has 0 amide bonds. The van der Waals surface area contributed by atoms with Gasteiger partial charge in [0.25, 0.3) is 0 Å². The van der Waals surface area contributed by atoms with Crippen molar-refractivity contribution in [3.8, 4) is 5.75 Å². The van der Waals surface area contributed by atoms with E-state index in [1.165, 1.54) is 24.0 Å². The molecule has 0 bridgehead atoms. The van der Waals surface area contributed by atoms with Crippen LogP contribution in [-0.4, -0.2) is 7.11 Å². The summed E-state index contributed by atoms with van der Waals surface area (Å²) in [5.74, 6) is 2.12. The van der Waals surface area contributed by atoms with Crippen LogP contribution in [0.15, 0.2) is 54.6 Å². The molecule has 0 aliphatic rings. The second kappa shape index (κ2) is 7.14. The largest absolute Gasteiger partial charge is 0.497 e. The fourth-order valence-corrected chi connectivity index (χ4v) is 2.76. The summed E-state index contributed by atoms with van der Waals surface area (Å²) in [7, 11) is 1.71. The molecule has 106 valence electrons. The van der Waals surface area contributed by atoms with Gasteiger partial charge in [-0.1, -0.05) is 56.3 Å². The van der Waals surface area contributed by atoms with Gasteiger partial charge in [-0.05, 0) is 47.9 Å². The second-order valence-corrected chi connectivity index (χ2v) is 5.43. The molecule has 0 aromatic heterocycles. The van der Waals surface area contributed by atoms with Crippen LogP contribution in [0.1, 0.15) is 49.7 Å². The van der Waals surface area contributed by atoms with Gasteiger partial charge in [0, 0.05) is 0 Å². The van der Waals surface area contributed by atoms with Gasteiger partial charge in [-0.25, -0.2) is 0 Å². The fourth-order valence-electron chi connectivity index (χ4n) is 2.76. The van der Waals surface area contributed by atoms with Gasteiger partial charge in [0.15, 0.2) is 0 Å². The first-order valence-electron chi connectivity index (χ1n) is 7.43. The summed E-state index contributed by atoms with van der Waals surface area (Å²) in [4.78, 5) is 0. The number of ether oxygens (including phenoxy) is 1. The molecule has 0 N–H and O–H groups in total. The van der Waals surface area contributed by atoms with Crippen LogP contribution in [0.5, 0.6) is 5.75 Å². The standard InChI is InChI=1S/C19H24O/c1-4-16(18-8-6-5-7-9-18)14-15(2)17-10-12-19(20-3)13-11-17/h5-13,15-16H,4,14H2,1-3H3. The lowest BCUT2D eigenvalue weighted by Crippen LogP contribution is -2.03. The van der Waals surface area contributed by atoms with Crippen molar-refractivity contribution in [3.05, 3.63) is 65.7 Å². The van der Waals surface area contributed by atoms with Crippen molar-refractivity contribution in [2.75, 3.05) is 7.11 Å². The van der Waals surface area contributed by atoms with Crippen molar-refractivity contribution < 1.29 is 4.74 Å². The van der Waals surface area contributed by atoms with E-state index >= 15 is 0 Å². The highest BCUT2D eigenvalue weighted by molar-refractivity contribution is 5.30. The Bertz CT molecular complexity index is 501. The van der Waals surface area contributed by atoms with Crippen molar-refractivity contribution in [2.45, 2.75) is 38.5 Å². The number of hydrogen-bond acceptors (Lipinski definition) is 1. The molecule has 2 unspecified atom stereocenters. The number of hydrogen-bond donors (Lipinski definition) is 0. The number of rotatable bonds is 6. The summed E-state index contributed by atoms with van der Waals surface area (Å²) in [6.45, 7) is 4.59. The minimum Gasteiger partial charge on any atom is -0.497 e. The van der Waals surface area contributed by atoms with E-state index in [1.807, 2.05) is 0 Å². The quantitative estimate of drug-likeness (QED) is 0.683. The smallest absolute Gasteiger partial charge is 0.118 e. The van der Waals surface area contributed by atoms with E-state index in [9.17, 15) is 0 Å². The average molecular weight is 268 g/mol. The normalized spacial score (nSPS) is 13.8. The van der Waals surface area contributed by atoms with E-state index < -0.39 is 0 Å². The molecule has 1 nitrogen and oxygen atoms in total. The molecule has 2 aromatic carbocycles. The minimum atomic E-state index is 0.561. The average Bonchev–Trinajstić information content (AvgIpc) is 2.53. The minimum absolute atomic E-state index is 0.561. The van der Waals surface area contributed by atoms with Crippen LogP contribution >= 0.6 is 0 Å². The molecule has 2 aromatic rings. The zero-order chi connectivity index (χ0) is 14.4. The molecule has 20 heavy (non-hydrogen) atoms. The second-order valence-electron chi connectivity index (χ2n) is 5.43. The first-order chi connectivity index (χ1) is 9.74. The van der Waals surface area contributed by atoms with Crippen LogP contribution in [0.4, 0.5) is 0 Å². The maximum atomic E-state index is 5.22. The highest BCUT2D eigenvalue weighted by atomic mass is 16.5. The maximum Gasteiger partial charge on any atom is 0.118 e. The van der Waals surface area contributed by atoms with Crippen molar-refractivity contribution >= 4 is 0 Å². The van der Waals surface area contributed by atoms with Gasteiger partial charge < -0.3 is 4.74 Å². The van der Waals surface area contributed by atoms with E-state index in [-0.39, 0.29) is 0 Å². The molecule has 0 spiro atoms. The lowest BCUT2D eigenvalue weighted by Gasteiger charge is -2.20. The molecular weight excluding hydrogens is 244 g/mol. The van der Waals surface area contributed by atoms with Crippen molar-refractivity contribution in [3.63, 3.8) is 0 Å². The van der Waals surface area contributed by atoms with Crippen LogP contribution in [0, 0.1) is 0 Å². The van der Waals surface area contributed by atoms with Crippen LogP contribution < -0.4 is 4.74 Å². The molecule has 0 radical (unpaired) electrons. The number of methoxy groups -OCH3 is 1. The van der Waals surface area contributed by atoms with E-state index in [0.717, 1.165) is 5.75 Å². The summed E-state index contributed by atoms with van der Waals surface area (Å²) in [6, 6.07) is 19.3. The molecule has 0 aliphatic carbocycles. The van der Waals surface area contributed by atoms with Gasteiger partial charge in [-0.15, -0.1) is 0 Å². The zero-order valence-electron chi connectivity index (χ0n) is 12.7. The summed E-state index contributed by atoms with van der Waals surface area (Å²) in [6.07, 6.45) is 2.37. The van der Waals surface area contributed by atoms with Crippen LogP contribution in [-0.2, 0) is 0 Å². The zero-order valence-corrected chi connectivity index (χ0v) is 12.7. The molecule has 0 saturated carbocycles. The Labute approximate surface area is 122 Å². The van der Waals surface area contributed by atoms with Crippen LogP contribution in [0.25, 0.3) is 0 Å². The molecule has 1 heteroatoms. The Kier molecular flexibility index (Phi) is 5.23. The molecular formula is C19H24O. The Morgan fingerprint density at radius 3 is 2.10 bits per heavy atom. The third kappa shape index (κ3) is 3.63. The summed E-state index contributed by atoms with van der Waals surface area (Å²) in [5.41, 5.74) is 2.84. The van der Waals surface area contributed by atoms with Gasteiger partial charge in [-0.3, -0.25) is 0 Å². The van der Waals surface area contributed by atoms with Crippen molar-refractivity contribution in [1.82, 2.24) is 0 Å². The summed E-state index contributed by atoms with van der Waals surface area (Å²) in [5, 5.41) is 0. The third-order valence-corrected chi connectivity index (χ3v) is 4.09. The fraction of sp³-hybridized carbons (Fsp3) is 0.368. The van der Waals surface area contributed by atoms with Gasteiger partial charge in [0.05, 0.1) is 7.11 Å². The van der Waals surface area contributed by atoms with E-state index in [4.69, 9.17) is 4.74 Å². The highest BCUT2D eigenvalue weighted by Gasteiger charge is 2.14. The summed E-state index contributed by atoms with van der Waals surface area (Å²) < 4.78 is 5.22. The summed E-state index contributed by atoms with van der Waals surface area (Å²) >= 11 is 0. The van der Waals surface area contributed by atoms with Gasteiger partial charge in [0.2, 0.25) is 0 Å². The van der Waals surface area contributed by atoms with E-state index in [0.29, 0.717) is 11.8 Å². The molecule has 0 saturated heterocycles. The molecule has 0 aliphatic heterocycles.